The Morgan fingerprint density at radius 1 is 1.35 bits per heavy atom. The van der Waals surface area contributed by atoms with Gasteiger partial charge < -0.3 is 25.2 Å². The van der Waals surface area contributed by atoms with Crippen LogP contribution in [0, 0.1) is 0 Å². The van der Waals surface area contributed by atoms with Crippen molar-refractivity contribution >= 4 is 12.0 Å². The van der Waals surface area contributed by atoms with Crippen LogP contribution in [0.15, 0.2) is 18.2 Å². The molecule has 1 aliphatic heterocycles. The number of hydrogen-bond donors (Lipinski definition) is 3. The number of amides is 2. The highest BCUT2D eigenvalue weighted by Gasteiger charge is 2.17. The third-order valence-electron chi connectivity index (χ3n) is 2.90. The van der Waals surface area contributed by atoms with Crippen LogP contribution in [0.4, 0.5) is 4.79 Å². The van der Waals surface area contributed by atoms with E-state index in [2.05, 4.69) is 10.6 Å². The monoisotopic (exact) mass is 280 g/mol. The van der Waals surface area contributed by atoms with Gasteiger partial charge >= 0.3 is 12.0 Å². The first kappa shape index (κ1) is 14.0. The summed E-state index contributed by atoms with van der Waals surface area (Å²) in [6.07, 6.45) is 0.326. The molecule has 0 fully saturated rings. The lowest BCUT2D eigenvalue weighted by Gasteiger charge is -2.13. The molecule has 2 amide bonds. The van der Waals surface area contributed by atoms with Gasteiger partial charge in [0.2, 0.25) is 6.79 Å². The highest BCUT2D eigenvalue weighted by atomic mass is 16.7. The van der Waals surface area contributed by atoms with Crippen molar-refractivity contribution in [2.45, 2.75) is 25.9 Å². The molecule has 20 heavy (non-hydrogen) atoms. The highest BCUT2D eigenvalue weighted by molar-refractivity contribution is 5.82. The van der Waals surface area contributed by atoms with Crippen LogP contribution in [0.5, 0.6) is 11.5 Å². The van der Waals surface area contributed by atoms with E-state index in [0.29, 0.717) is 17.9 Å². The van der Waals surface area contributed by atoms with Crippen molar-refractivity contribution in [2.75, 3.05) is 6.79 Å². The second kappa shape index (κ2) is 6.14. The summed E-state index contributed by atoms with van der Waals surface area (Å²) in [5, 5.41) is 13.8. The molecule has 0 saturated carbocycles. The molecule has 0 saturated heterocycles. The van der Waals surface area contributed by atoms with Crippen LogP contribution in [0.2, 0.25) is 0 Å². The number of carboxylic acid groups (broad SMARTS) is 1. The maximum atomic E-state index is 11.6. The predicted octanol–water partition coefficient (Wildman–Crippen LogP) is 1.08. The van der Waals surface area contributed by atoms with Crippen LogP contribution < -0.4 is 20.1 Å². The summed E-state index contributed by atoms with van der Waals surface area (Å²) in [7, 11) is 0. The number of hydrogen-bond acceptors (Lipinski definition) is 4. The number of fused-ring (bicyclic) bond motifs is 1. The second-order valence-corrected chi connectivity index (χ2v) is 4.31. The zero-order chi connectivity index (χ0) is 14.5. The van der Waals surface area contributed by atoms with Crippen molar-refractivity contribution in [3.05, 3.63) is 23.8 Å². The average molecular weight is 280 g/mol. The van der Waals surface area contributed by atoms with Gasteiger partial charge in [-0.3, -0.25) is 0 Å². The van der Waals surface area contributed by atoms with Crippen LogP contribution >= 0.6 is 0 Å². The number of urea groups is 1. The zero-order valence-electron chi connectivity index (χ0n) is 11.0. The molecule has 108 valence electrons. The standard InChI is InChI=1S/C13H16N2O5/c1-2-9(12(16)17)15-13(18)14-6-8-3-4-10-11(5-8)20-7-19-10/h3-5,9H,2,6-7H2,1H3,(H,16,17)(H2,14,15,18). The number of carbonyl (C=O) groups excluding carboxylic acids is 1. The average Bonchev–Trinajstić information content (AvgIpc) is 2.89. The van der Waals surface area contributed by atoms with E-state index in [1.54, 1.807) is 19.1 Å². The lowest BCUT2D eigenvalue weighted by molar-refractivity contribution is -0.139. The van der Waals surface area contributed by atoms with Crippen molar-refractivity contribution in [3.8, 4) is 11.5 Å². The van der Waals surface area contributed by atoms with E-state index >= 15 is 0 Å². The molecule has 0 aromatic heterocycles. The Morgan fingerprint density at radius 2 is 2.10 bits per heavy atom. The first-order valence-electron chi connectivity index (χ1n) is 6.26. The molecule has 7 heteroatoms. The van der Waals surface area contributed by atoms with E-state index in [9.17, 15) is 9.59 Å². The Hall–Kier alpha value is -2.44. The molecule has 0 bridgehead atoms. The number of aliphatic carboxylic acids is 1. The molecule has 7 nitrogen and oxygen atoms in total. The predicted molar refractivity (Wildman–Crippen MR) is 69.7 cm³/mol. The molecule has 1 aliphatic rings. The summed E-state index contributed by atoms with van der Waals surface area (Å²) in [5.41, 5.74) is 0.841. The van der Waals surface area contributed by atoms with Crippen LogP contribution in [0.1, 0.15) is 18.9 Å². The van der Waals surface area contributed by atoms with Gasteiger partial charge in [-0.1, -0.05) is 13.0 Å². The van der Waals surface area contributed by atoms with Gasteiger partial charge in [0.05, 0.1) is 0 Å². The SMILES string of the molecule is CCC(NC(=O)NCc1ccc2c(c1)OCO2)C(=O)O. The van der Waals surface area contributed by atoms with Gasteiger partial charge in [0.25, 0.3) is 0 Å². The number of nitrogens with one attached hydrogen (secondary N) is 2. The molecule has 0 spiro atoms. The van der Waals surface area contributed by atoms with E-state index in [4.69, 9.17) is 14.6 Å². The van der Waals surface area contributed by atoms with Crippen LogP contribution in [-0.2, 0) is 11.3 Å². The van der Waals surface area contributed by atoms with Crippen LogP contribution in [0.3, 0.4) is 0 Å². The van der Waals surface area contributed by atoms with E-state index < -0.39 is 18.0 Å². The minimum absolute atomic E-state index is 0.198. The first-order valence-corrected chi connectivity index (χ1v) is 6.26. The Balaban J connectivity index is 1.85. The van der Waals surface area contributed by atoms with Gasteiger partial charge in [-0.2, -0.15) is 0 Å². The Bertz CT molecular complexity index is 517. The summed E-state index contributed by atoms with van der Waals surface area (Å²) in [4.78, 5) is 22.4. The number of ether oxygens (including phenoxy) is 2. The molecule has 1 aromatic carbocycles. The maximum Gasteiger partial charge on any atom is 0.326 e. The van der Waals surface area contributed by atoms with Gasteiger partial charge in [-0.05, 0) is 24.1 Å². The van der Waals surface area contributed by atoms with Gasteiger partial charge in [0.15, 0.2) is 11.5 Å². The van der Waals surface area contributed by atoms with Crippen molar-refractivity contribution in [2.24, 2.45) is 0 Å². The summed E-state index contributed by atoms with van der Waals surface area (Å²) in [6.45, 7) is 2.17. The van der Waals surface area contributed by atoms with Crippen molar-refractivity contribution < 1.29 is 24.2 Å². The van der Waals surface area contributed by atoms with Crippen LogP contribution in [-0.4, -0.2) is 29.9 Å². The third-order valence-corrected chi connectivity index (χ3v) is 2.90. The quantitative estimate of drug-likeness (QED) is 0.750. The summed E-state index contributed by atoms with van der Waals surface area (Å²) in [5.74, 6) is 0.266. The lowest BCUT2D eigenvalue weighted by Crippen LogP contribution is -2.45. The fourth-order valence-electron chi connectivity index (χ4n) is 1.78. The second-order valence-electron chi connectivity index (χ2n) is 4.31. The smallest absolute Gasteiger partial charge is 0.326 e. The summed E-state index contributed by atoms with van der Waals surface area (Å²) in [6, 6.07) is 3.95. The minimum atomic E-state index is -1.05. The van der Waals surface area contributed by atoms with Gasteiger partial charge in [-0.15, -0.1) is 0 Å². The van der Waals surface area contributed by atoms with Crippen molar-refractivity contribution in [1.29, 1.82) is 0 Å². The Labute approximate surface area is 115 Å². The Kier molecular flexibility index (Phi) is 4.29. The van der Waals surface area contributed by atoms with Crippen molar-refractivity contribution in [3.63, 3.8) is 0 Å². The largest absolute Gasteiger partial charge is 0.480 e. The normalized spacial score (nSPS) is 13.7. The summed E-state index contributed by atoms with van der Waals surface area (Å²) >= 11 is 0. The van der Waals surface area contributed by atoms with Gasteiger partial charge in [-0.25, -0.2) is 9.59 Å². The molecular formula is C13H16N2O5. The fourth-order valence-corrected chi connectivity index (χ4v) is 1.78. The maximum absolute atomic E-state index is 11.6. The molecular weight excluding hydrogens is 264 g/mol. The third kappa shape index (κ3) is 3.31. The summed E-state index contributed by atoms with van der Waals surface area (Å²) < 4.78 is 10.4. The van der Waals surface area contributed by atoms with Gasteiger partial charge in [0.1, 0.15) is 6.04 Å². The topological polar surface area (TPSA) is 96.9 Å². The molecule has 1 unspecified atom stereocenters. The molecule has 1 aromatic rings. The zero-order valence-corrected chi connectivity index (χ0v) is 11.0. The van der Waals surface area contributed by atoms with Gasteiger partial charge in [0, 0.05) is 6.54 Å². The molecule has 2 rings (SSSR count). The first-order chi connectivity index (χ1) is 9.60. The minimum Gasteiger partial charge on any atom is -0.480 e. The number of carboxylic acids is 1. The van der Waals surface area contributed by atoms with E-state index in [0.717, 1.165) is 5.56 Å². The lowest BCUT2D eigenvalue weighted by atomic mass is 10.2. The van der Waals surface area contributed by atoms with E-state index in [1.165, 1.54) is 0 Å². The van der Waals surface area contributed by atoms with Crippen molar-refractivity contribution in [1.82, 2.24) is 10.6 Å². The molecule has 0 radical (unpaired) electrons. The molecule has 1 atom stereocenters. The molecule has 1 heterocycles. The molecule has 0 aliphatic carbocycles. The van der Waals surface area contributed by atoms with Crippen LogP contribution in [0.25, 0.3) is 0 Å². The number of benzene rings is 1. The van der Waals surface area contributed by atoms with E-state index in [-0.39, 0.29) is 13.3 Å². The number of carbonyl (C=O) groups is 2. The molecule has 3 N–H and O–H groups in total. The fraction of sp³-hybridized carbons (Fsp3) is 0.385. The van der Waals surface area contributed by atoms with E-state index in [1.807, 2.05) is 6.07 Å². The Morgan fingerprint density at radius 3 is 2.80 bits per heavy atom. The number of rotatable bonds is 5. The highest BCUT2D eigenvalue weighted by Crippen LogP contribution is 2.32.